The van der Waals surface area contributed by atoms with Gasteiger partial charge in [0.05, 0.1) is 5.69 Å². The van der Waals surface area contributed by atoms with Crippen LogP contribution in [0.2, 0.25) is 0 Å². The van der Waals surface area contributed by atoms with Gasteiger partial charge in [-0.25, -0.2) is 4.98 Å². The topological polar surface area (TPSA) is 119 Å². The van der Waals surface area contributed by atoms with Crippen molar-refractivity contribution in [1.82, 2.24) is 9.97 Å². The zero-order valence-electron chi connectivity index (χ0n) is 16.5. The maximum Gasteiger partial charge on any atom is 0.223 e. The Morgan fingerprint density at radius 3 is 2.47 bits per heavy atom. The highest BCUT2D eigenvalue weighted by Crippen LogP contribution is 2.43. The SMILES string of the molecule is CC(C)c1ccc(-c2c(C#N)c(N)nc3sc(C(=O)c4ccccn4)c(N)c23)cc1. The third kappa shape index (κ3) is 3.17. The molecule has 6 nitrogen and oxygen atoms in total. The Balaban J connectivity index is 1.98. The number of fused-ring (bicyclic) bond motifs is 1. The van der Waals surface area contributed by atoms with E-state index in [1.54, 1.807) is 24.4 Å². The quantitative estimate of drug-likeness (QED) is 0.466. The predicted octanol–water partition coefficient (Wildman–Crippen LogP) is 4.75. The standard InChI is InChI=1S/C23H19N5OS/c1-12(2)13-6-8-14(9-7-13)17-15(11-24)22(26)28-23-18(17)19(25)21(30-23)20(29)16-5-3-4-10-27-16/h3-10,12H,25H2,1-2H3,(H2,26,28). The highest BCUT2D eigenvalue weighted by atomic mass is 32.1. The number of pyridine rings is 2. The molecule has 0 amide bonds. The third-order valence-electron chi connectivity index (χ3n) is 4.99. The zero-order chi connectivity index (χ0) is 21.4. The first-order valence-corrected chi connectivity index (χ1v) is 10.2. The van der Waals surface area contributed by atoms with Crippen molar-refractivity contribution in [3.05, 3.63) is 70.4 Å². The van der Waals surface area contributed by atoms with E-state index >= 15 is 0 Å². The molecule has 0 aliphatic rings. The molecule has 4 aromatic rings. The van der Waals surface area contributed by atoms with Crippen LogP contribution in [-0.2, 0) is 0 Å². The number of rotatable bonds is 4. The molecule has 0 spiro atoms. The molecule has 30 heavy (non-hydrogen) atoms. The predicted molar refractivity (Wildman–Crippen MR) is 120 cm³/mol. The van der Waals surface area contributed by atoms with Crippen LogP contribution < -0.4 is 11.5 Å². The van der Waals surface area contributed by atoms with Gasteiger partial charge in [-0.1, -0.05) is 44.2 Å². The van der Waals surface area contributed by atoms with Gasteiger partial charge in [-0.05, 0) is 29.2 Å². The first-order valence-electron chi connectivity index (χ1n) is 9.40. The van der Waals surface area contributed by atoms with Crippen LogP contribution >= 0.6 is 11.3 Å². The van der Waals surface area contributed by atoms with E-state index < -0.39 is 0 Å². The summed E-state index contributed by atoms with van der Waals surface area (Å²) in [5.41, 5.74) is 16.0. The number of nitriles is 1. The lowest BCUT2D eigenvalue weighted by Crippen LogP contribution is -2.04. The summed E-state index contributed by atoms with van der Waals surface area (Å²) in [6, 6.07) is 15.2. The number of carbonyl (C=O) groups is 1. The maximum absolute atomic E-state index is 13.0. The molecule has 4 rings (SSSR count). The summed E-state index contributed by atoms with van der Waals surface area (Å²) in [6.45, 7) is 4.23. The largest absolute Gasteiger partial charge is 0.397 e. The Kier molecular flexibility index (Phi) is 4.94. The molecule has 3 aromatic heterocycles. The minimum atomic E-state index is -0.283. The normalized spacial score (nSPS) is 11.0. The molecule has 1 aromatic carbocycles. The molecular formula is C23H19N5OS. The van der Waals surface area contributed by atoms with Crippen molar-refractivity contribution in [2.75, 3.05) is 11.5 Å². The van der Waals surface area contributed by atoms with Gasteiger partial charge in [0.25, 0.3) is 0 Å². The van der Waals surface area contributed by atoms with Gasteiger partial charge in [0, 0.05) is 17.1 Å². The van der Waals surface area contributed by atoms with E-state index in [0.717, 1.165) is 16.9 Å². The second-order valence-corrected chi connectivity index (χ2v) is 8.20. The van der Waals surface area contributed by atoms with Crippen LogP contribution in [0.1, 0.15) is 46.3 Å². The fourth-order valence-electron chi connectivity index (χ4n) is 3.39. The molecular weight excluding hydrogens is 394 g/mol. The number of aromatic nitrogens is 2. The van der Waals surface area contributed by atoms with Gasteiger partial charge in [-0.2, -0.15) is 5.26 Å². The Hall–Kier alpha value is -3.76. The lowest BCUT2D eigenvalue weighted by atomic mass is 9.94. The summed E-state index contributed by atoms with van der Waals surface area (Å²) in [6.07, 6.45) is 1.56. The molecule has 0 fully saturated rings. The van der Waals surface area contributed by atoms with Gasteiger partial charge >= 0.3 is 0 Å². The van der Waals surface area contributed by atoms with Crippen LogP contribution in [0.3, 0.4) is 0 Å². The highest BCUT2D eigenvalue weighted by molar-refractivity contribution is 7.21. The fourth-order valence-corrected chi connectivity index (χ4v) is 4.45. The molecule has 7 heteroatoms. The Bertz CT molecular complexity index is 1300. The second-order valence-electron chi connectivity index (χ2n) is 7.20. The Labute approximate surface area is 177 Å². The van der Waals surface area contributed by atoms with Crippen molar-refractivity contribution in [3.63, 3.8) is 0 Å². The third-order valence-corrected chi connectivity index (χ3v) is 6.08. The molecule has 3 heterocycles. The summed E-state index contributed by atoms with van der Waals surface area (Å²) in [7, 11) is 0. The van der Waals surface area contributed by atoms with Gasteiger partial charge in [0.2, 0.25) is 5.78 Å². The van der Waals surface area contributed by atoms with E-state index in [2.05, 4.69) is 29.9 Å². The first kappa shape index (κ1) is 19.6. The number of ketones is 1. The monoisotopic (exact) mass is 413 g/mol. The van der Waals surface area contributed by atoms with Crippen molar-refractivity contribution >= 4 is 38.8 Å². The van der Waals surface area contributed by atoms with Crippen LogP contribution in [0.4, 0.5) is 11.5 Å². The van der Waals surface area contributed by atoms with Crippen LogP contribution in [0.15, 0.2) is 48.7 Å². The minimum absolute atomic E-state index is 0.117. The molecule has 0 radical (unpaired) electrons. The summed E-state index contributed by atoms with van der Waals surface area (Å²) in [5, 5.41) is 10.3. The van der Waals surface area contributed by atoms with Gasteiger partial charge in [0.1, 0.15) is 32.9 Å². The molecule has 4 N–H and O–H groups in total. The lowest BCUT2D eigenvalue weighted by Gasteiger charge is -2.11. The number of thiophene rings is 1. The molecule has 0 aliphatic carbocycles. The second kappa shape index (κ2) is 7.58. The van der Waals surface area contributed by atoms with Gasteiger partial charge in [0.15, 0.2) is 0 Å². The number of nitrogens with two attached hydrogens (primary N) is 2. The summed E-state index contributed by atoms with van der Waals surface area (Å²) in [4.78, 5) is 22.3. The number of hydrogen-bond donors (Lipinski definition) is 2. The van der Waals surface area contributed by atoms with Gasteiger partial charge < -0.3 is 11.5 Å². The molecule has 0 saturated heterocycles. The van der Waals surface area contributed by atoms with E-state index in [-0.39, 0.29) is 22.9 Å². The van der Waals surface area contributed by atoms with Crippen molar-refractivity contribution in [3.8, 4) is 17.2 Å². The van der Waals surface area contributed by atoms with Crippen molar-refractivity contribution in [1.29, 1.82) is 5.26 Å². The van der Waals surface area contributed by atoms with Crippen molar-refractivity contribution in [2.45, 2.75) is 19.8 Å². The average Bonchev–Trinajstić information content (AvgIpc) is 3.08. The summed E-state index contributed by atoms with van der Waals surface area (Å²) < 4.78 is 0. The van der Waals surface area contributed by atoms with Crippen molar-refractivity contribution in [2.24, 2.45) is 0 Å². The zero-order valence-corrected chi connectivity index (χ0v) is 17.3. The van der Waals surface area contributed by atoms with E-state index in [4.69, 9.17) is 11.5 Å². The molecule has 0 bridgehead atoms. The van der Waals surface area contributed by atoms with Crippen molar-refractivity contribution < 1.29 is 4.79 Å². The Morgan fingerprint density at radius 1 is 1.13 bits per heavy atom. The number of nitrogen functional groups attached to an aromatic ring is 2. The molecule has 0 aliphatic heterocycles. The lowest BCUT2D eigenvalue weighted by molar-refractivity contribution is 0.103. The molecule has 148 valence electrons. The van der Waals surface area contributed by atoms with E-state index in [9.17, 15) is 10.1 Å². The Morgan fingerprint density at radius 2 is 1.87 bits per heavy atom. The van der Waals surface area contributed by atoms with Crippen LogP contribution in [0.25, 0.3) is 21.3 Å². The van der Waals surface area contributed by atoms with Crippen LogP contribution in [-0.4, -0.2) is 15.8 Å². The molecule has 0 unspecified atom stereocenters. The fraction of sp³-hybridized carbons (Fsp3) is 0.130. The number of hydrogen-bond acceptors (Lipinski definition) is 7. The van der Waals surface area contributed by atoms with Crippen LogP contribution in [0, 0.1) is 11.3 Å². The average molecular weight is 414 g/mol. The van der Waals surface area contributed by atoms with Crippen LogP contribution in [0.5, 0.6) is 0 Å². The maximum atomic E-state index is 13.0. The van der Waals surface area contributed by atoms with Gasteiger partial charge in [-0.3, -0.25) is 9.78 Å². The van der Waals surface area contributed by atoms with E-state index in [1.807, 2.05) is 24.3 Å². The number of carbonyl (C=O) groups excluding carboxylic acids is 1. The summed E-state index contributed by atoms with van der Waals surface area (Å²) in [5.74, 6) is 0.214. The number of nitrogens with zero attached hydrogens (tertiary/aromatic N) is 3. The van der Waals surface area contributed by atoms with E-state index in [1.165, 1.54) is 5.56 Å². The first-order chi connectivity index (χ1) is 14.4. The highest BCUT2D eigenvalue weighted by Gasteiger charge is 2.25. The minimum Gasteiger partial charge on any atom is -0.397 e. The number of anilines is 2. The molecule has 0 atom stereocenters. The number of benzene rings is 1. The molecule has 0 saturated carbocycles. The summed E-state index contributed by atoms with van der Waals surface area (Å²) >= 11 is 1.16. The smallest absolute Gasteiger partial charge is 0.223 e. The van der Waals surface area contributed by atoms with E-state index in [0.29, 0.717) is 32.3 Å². The van der Waals surface area contributed by atoms with Gasteiger partial charge in [-0.15, -0.1) is 11.3 Å².